The predicted octanol–water partition coefficient (Wildman–Crippen LogP) is 4.60. The topological polar surface area (TPSA) is 41.3 Å². The van der Waals surface area contributed by atoms with Crippen molar-refractivity contribution in [1.29, 1.82) is 0 Å². The zero-order chi connectivity index (χ0) is 19.7. The molecule has 1 fully saturated rings. The molecule has 2 aliphatic rings. The zero-order valence-corrected chi connectivity index (χ0v) is 16.4. The highest BCUT2D eigenvalue weighted by Gasteiger charge is 2.34. The minimum absolute atomic E-state index is 0.184. The summed E-state index contributed by atoms with van der Waals surface area (Å²) in [5.41, 5.74) is 7.81. The molecular weight excluding hydrogens is 383 g/mol. The Labute approximate surface area is 167 Å². The van der Waals surface area contributed by atoms with Gasteiger partial charge in [-0.15, -0.1) is 0 Å². The Morgan fingerprint density at radius 1 is 1.11 bits per heavy atom. The summed E-state index contributed by atoms with van der Waals surface area (Å²) in [5.74, 6) is 0. The van der Waals surface area contributed by atoms with E-state index >= 15 is 0 Å². The molecule has 1 saturated heterocycles. The van der Waals surface area contributed by atoms with Crippen LogP contribution in [0.5, 0.6) is 0 Å². The summed E-state index contributed by atoms with van der Waals surface area (Å²) in [4.78, 5) is 4.05. The first kappa shape index (κ1) is 19.6. The number of anilines is 1. The molecule has 28 heavy (non-hydrogen) atoms. The highest BCUT2D eigenvalue weighted by Crippen LogP contribution is 2.45. The van der Waals surface area contributed by atoms with E-state index in [9.17, 15) is 13.2 Å². The number of nitrogens with zero attached hydrogens (tertiary/aromatic N) is 1. The highest BCUT2D eigenvalue weighted by atomic mass is 32.2. The standard InChI is InChI=1S/C21H24F3N3S/c22-21(23,24)15-12-18(26-16-5-8-27(9-6-16)10-7-25)17-11-14-3-1-2-4-19(14)28-20(17)13-15/h1-4,12-13,16,26H,5-11,25H2. The number of fused-ring (bicyclic) bond motifs is 2. The van der Waals surface area contributed by atoms with Crippen molar-refractivity contribution >= 4 is 17.4 Å². The average molecular weight is 408 g/mol. The maximum Gasteiger partial charge on any atom is 0.416 e. The van der Waals surface area contributed by atoms with E-state index in [1.807, 2.05) is 18.2 Å². The summed E-state index contributed by atoms with van der Waals surface area (Å²) in [6.45, 7) is 3.36. The van der Waals surface area contributed by atoms with Gasteiger partial charge in [0.15, 0.2) is 0 Å². The van der Waals surface area contributed by atoms with E-state index in [0.29, 0.717) is 23.5 Å². The number of piperidine rings is 1. The lowest BCUT2D eigenvalue weighted by molar-refractivity contribution is -0.137. The molecule has 0 radical (unpaired) electrons. The summed E-state index contributed by atoms with van der Waals surface area (Å²) in [7, 11) is 0. The maximum atomic E-state index is 13.5. The van der Waals surface area contributed by atoms with E-state index in [1.165, 1.54) is 29.5 Å². The monoisotopic (exact) mass is 407 g/mol. The Hall–Kier alpha value is -1.70. The Morgan fingerprint density at radius 2 is 1.86 bits per heavy atom. The van der Waals surface area contributed by atoms with Crippen molar-refractivity contribution in [2.45, 2.75) is 41.3 Å². The molecule has 3 N–H and O–H groups in total. The van der Waals surface area contributed by atoms with E-state index < -0.39 is 11.7 Å². The lowest BCUT2D eigenvalue weighted by Crippen LogP contribution is -2.41. The molecule has 0 spiro atoms. The van der Waals surface area contributed by atoms with E-state index in [0.717, 1.165) is 42.9 Å². The van der Waals surface area contributed by atoms with E-state index in [-0.39, 0.29) is 6.04 Å². The molecule has 2 aliphatic heterocycles. The first-order chi connectivity index (χ1) is 13.4. The normalized spacial score (nSPS) is 17.9. The first-order valence-corrected chi connectivity index (χ1v) is 10.4. The molecule has 7 heteroatoms. The largest absolute Gasteiger partial charge is 0.416 e. The minimum atomic E-state index is -4.35. The van der Waals surface area contributed by atoms with Crippen LogP contribution in [-0.4, -0.2) is 37.1 Å². The van der Waals surface area contributed by atoms with E-state index in [4.69, 9.17) is 5.73 Å². The molecule has 0 aromatic heterocycles. The number of benzene rings is 2. The number of likely N-dealkylation sites (tertiary alicyclic amines) is 1. The number of nitrogens with two attached hydrogens (primary N) is 1. The van der Waals surface area contributed by atoms with Crippen LogP contribution in [0.25, 0.3) is 0 Å². The van der Waals surface area contributed by atoms with Crippen molar-refractivity contribution in [1.82, 2.24) is 4.90 Å². The van der Waals surface area contributed by atoms with Crippen LogP contribution < -0.4 is 11.1 Å². The van der Waals surface area contributed by atoms with Crippen LogP contribution in [0.1, 0.15) is 29.5 Å². The van der Waals surface area contributed by atoms with Crippen LogP contribution in [0.3, 0.4) is 0 Å². The SMILES string of the molecule is NCCN1CCC(Nc2cc(C(F)(F)F)cc3c2Cc2ccccc2S3)CC1. The number of hydrogen-bond donors (Lipinski definition) is 2. The molecule has 150 valence electrons. The van der Waals surface area contributed by atoms with Crippen LogP contribution in [0.4, 0.5) is 18.9 Å². The van der Waals surface area contributed by atoms with Gasteiger partial charge in [-0.1, -0.05) is 30.0 Å². The van der Waals surface area contributed by atoms with Gasteiger partial charge in [-0.05, 0) is 42.2 Å². The average Bonchev–Trinajstić information content (AvgIpc) is 2.67. The third kappa shape index (κ3) is 4.16. The highest BCUT2D eigenvalue weighted by molar-refractivity contribution is 7.99. The fourth-order valence-corrected chi connectivity index (χ4v) is 5.12. The van der Waals surface area contributed by atoms with E-state index in [1.54, 1.807) is 0 Å². The van der Waals surface area contributed by atoms with Gasteiger partial charge in [-0.25, -0.2) is 0 Å². The molecule has 0 aliphatic carbocycles. The van der Waals surface area contributed by atoms with Gasteiger partial charge >= 0.3 is 6.18 Å². The number of rotatable bonds is 4. The molecule has 2 aromatic rings. The van der Waals surface area contributed by atoms with Crippen molar-refractivity contribution in [3.63, 3.8) is 0 Å². The molecule has 0 saturated carbocycles. The second-order valence-electron chi connectivity index (χ2n) is 7.43. The van der Waals surface area contributed by atoms with Gasteiger partial charge in [-0.3, -0.25) is 0 Å². The van der Waals surface area contributed by atoms with Crippen molar-refractivity contribution in [2.24, 2.45) is 5.73 Å². The molecule has 2 aromatic carbocycles. The van der Waals surface area contributed by atoms with Gasteiger partial charge in [0, 0.05) is 54.1 Å². The van der Waals surface area contributed by atoms with Crippen molar-refractivity contribution < 1.29 is 13.2 Å². The van der Waals surface area contributed by atoms with Crippen molar-refractivity contribution in [3.05, 3.63) is 53.1 Å². The zero-order valence-electron chi connectivity index (χ0n) is 15.6. The molecular formula is C21H24F3N3S. The predicted molar refractivity (Wildman–Crippen MR) is 107 cm³/mol. The summed E-state index contributed by atoms with van der Waals surface area (Å²) >= 11 is 1.43. The van der Waals surface area contributed by atoms with Crippen LogP contribution in [0.15, 0.2) is 46.2 Å². The van der Waals surface area contributed by atoms with Gasteiger partial charge in [0.05, 0.1) is 5.56 Å². The summed E-state index contributed by atoms with van der Waals surface area (Å²) in [5, 5.41) is 3.44. The molecule has 0 amide bonds. The number of alkyl halides is 3. The molecule has 2 heterocycles. The van der Waals surface area contributed by atoms with Gasteiger partial charge in [0.2, 0.25) is 0 Å². The number of hydrogen-bond acceptors (Lipinski definition) is 4. The Balaban J connectivity index is 1.61. The quantitative estimate of drug-likeness (QED) is 0.664. The maximum absolute atomic E-state index is 13.5. The van der Waals surface area contributed by atoms with Gasteiger partial charge in [0.25, 0.3) is 0 Å². The summed E-state index contributed by atoms with van der Waals surface area (Å²) in [6.07, 6.45) is -1.87. The van der Waals surface area contributed by atoms with Gasteiger partial charge in [0.1, 0.15) is 0 Å². The fraction of sp³-hybridized carbons (Fsp3) is 0.429. The van der Waals surface area contributed by atoms with Crippen LogP contribution in [0.2, 0.25) is 0 Å². The smallest absolute Gasteiger partial charge is 0.382 e. The Kier molecular flexibility index (Phi) is 5.58. The molecule has 0 unspecified atom stereocenters. The Morgan fingerprint density at radius 3 is 2.57 bits per heavy atom. The lowest BCUT2D eigenvalue weighted by atomic mass is 9.98. The third-order valence-electron chi connectivity index (χ3n) is 5.49. The summed E-state index contributed by atoms with van der Waals surface area (Å²) in [6, 6.07) is 10.7. The van der Waals surface area contributed by atoms with Crippen LogP contribution in [-0.2, 0) is 12.6 Å². The second-order valence-corrected chi connectivity index (χ2v) is 8.52. The second kappa shape index (κ2) is 7.97. The van der Waals surface area contributed by atoms with Crippen LogP contribution in [0, 0.1) is 0 Å². The fourth-order valence-electron chi connectivity index (χ4n) is 3.97. The molecule has 3 nitrogen and oxygen atoms in total. The van der Waals surface area contributed by atoms with Gasteiger partial charge in [-0.2, -0.15) is 13.2 Å². The summed E-state index contributed by atoms with van der Waals surface area (Å²) < 4.78 is 40.5. The first-order valence-electron chi connectivity index (χ1n) is 9.63. The Bertz CT molecular complexity index is 845. The lowest BCUT2D eigenvalue weighted by Gasteiger charge is -2.34. The van der Waals surface area contributed by atoms with Gasteiger partial charge < -0.3 is 16.0 Å². The van der Waals surface area contributed by atoms with Crippen LogP contribution >= 0.6 is 11.8 Å². The molecule has 4 rings (SSSR count). The van der Waals surface area contributed by atoms with Crippen molar-refractivity contribution in [2.75, 3.05) is 31.5 Å². The van der Waals surface area contributed by atoms with Crippen molar-refractivity contribution in [3.8, 4) is 0 Å². The minimum Gasteiger partial charge on any atom is -0.382 e. The number of nitrogens with one attached hydrogen (secondary N) is 1. The molecule has 0 bridgehead atoms. The van der Waals surface area contributed by atoms with E-state index in [2.05, 4.69) is 16.3 Å². The third-order valence-corrected chi connectivity index (χ3v) is 6.69. The number of halogens is 3. The molecule has 0 atom stereocenters.